The molecule has 2 atom stereocenters. The maximum atomic E-state index is 11.3. The number of hydrogen-bond acceptors (Lipinski definition) is 2. The molecule has 1 amide bonds. The summed E-state index contributed by atoms with van der Waals surface area (Å²) in [6, 6.07) is 6.35. The van der Waals surface area contributed by atoms with Crippen molar-refractivity contribution in [1.82, 2.24) is 4.90 Å². The van der Waals surface area contributed by atoms with Crippen LogP contribution in [-0.4, -0.2) is 22.9 Å². The number of nitrogens with zero attached hydrogens (tertiary/aromatic N) is 1. The monoisotopic (exact) mass is 296 g/mol. The summed E-state index contributed by atoms with van der Waals surface area (Å²) in [5, 5.41) is 0. The molecule has 2 rings (SSSR count). The molecule has 0 radical (unpaired) electrons. The predicted octanol–water partition coefficient (Wildman–Crippen LogP) is 2.07. The minimum atomic E-state index is -0.254. The predicted molar refractivity (Wildman–Crippen MR) is 71.5 cm³/mol. The van der Waals surface area contributed by atoms with Gasteiger partial charge in [0.05, 0.1) is 6.04 Å². The highest BCUT2D eigenvalue weighted by atomic mass is 79.9. The Labute approximate surface area is 110 Å². The molecule has 1 aromatic rings. The van der Waals surface area contributed by atoms with Gasteiger partial charge in [0.15, 0.2) is 0 Å². The highest BCUT2D eigenvalue weighted by Crippen LogP contribution is 2.30. The van der Waals surface area contributed by atoms with Gasteiger partial charge in [0.2, 0.25) is 5.91 Å². The summed E-state index contributed by atoms with van der Waals surface area (Å²) in [6.45, 7) is 4.81. The number of rotatable bonds is 2. The third kappa shape index (κ3) is 2.38. The Kier molecular flexibility index (Phi) is 3.54. The zero-order chi connectivity index (χ0) is 12.6. The van der Waals surface area contributed by atoms with Gasteiger partial charge in [0.1, 0.15) is 0 Å². The molecule has 1 aromatic carbocycles. The molecular weight excluding hydrogens is 280 g/mol. The Morgan fingerprint density at radius 3 is 2.94 bits per heavy atom. The lowest BCUT2D eigenvalue weighted by Crippen LogP contribution is -2.49. The van der Waals surface area contributed by atoms with E-state index in [4.69, 9.17) is 5.73 Å². The number of nitrogens with two attached hydrogens (primary N) is 1. The summed E-state index contributed by atoms with van der Waals surface area (Å²) in [6.07, 6.45) is 0.953. The number of carbonyl (C=O) groups excluding carboxylic acids is 1. The molecule has 92 valence electrons. The molecule has 1 heterocycles. The average Bonchev–Trinajstić information content (AvgIpc) is 2.28. The summed E-state index contributed by atoms with van der Waals surface area (Å²) < 4.78 is 1.16. The molecule has 3 nitrogen and oxygen atoms in total. The first-order chi connectivity index (χ1) is 8.00. The van der Waals surface area contributed by atoms with Gasteiger partial charge in [-0.05, 0) is 37.5 Å². The Balaban J connectivity index is 2.30. The van der Waals surface area contributed by atoms with E-state index in [0.717, 1.165) is 17.4 Å². The van der Waals surface area contributed by atoms with Crippen molar-refractivity contribution in [1.29, 1.82) is 0 Å². The molecule has 0 bridgehead atoms. The van der Waals surface area contributed by atoms with Crippen LogP contribution in [0.5, 0.6) is 0 Å². The van der Waals surface area contributed by atoms with Crippen LogP contribution in [0.3, 0.4) is 0 Å². The van der Waals surface area contributed by atoms with Crippen LogP contribution in [0.2, 0.25) is 0 Å². The van der Waals surface area contributed by atoms with Crippen LogP contribution in [-0.2, 0) is 17.8 Å². The van der Waals surface area contributed by atoms with Crippen molar-refractivity contribution in [2.24, 2.45) is 5.73 Å². The van der Waals surface area contributed by atoms with Crippen LogP contribution in [0.15, 0.2) is 22.7 Å². The van der Waals surface area contributed by atoms with Crippen LogP contribution < -0.4 is 5.73 Å². The van der Waals surface area contributed by atoms with Crippen LogP contribution in [0.4, 0.5) is 0 Å². The van der Waals surface area contributed by atoms with Gasteiger partial charge in [-0.15, -0.1) is 0 Å². The molecule has 1 aliphatic rings. The minimum Gasteiger partial charge on any atom is -0.368 e. The Morgan fingerprint density at radius 2 is 2.29 bits per heavy atom. The number of halogens is 1. The lowest BCUT2D eigenvalue weighted by atomic mass is 9.93. The first-order valence-electron chi connectivity index (χ1n) is 5.82. The van der Waals surface area contributed by atoms with Gasteiger partial charge in [-0.1, -0.05) is 28.1 Å². The van der Waals surface area contributed by atoms with E-state index in [1.54, 1.807) is 0 Å². The van der Waals surface area contributed by atoms with Gasteiger partial charge >= 0.3 is 0 Å². The van der Waals surface area contributed by atoms with Crippen molar-refractivity contribution in [3.63, 3.8) is 0 Å². The maximum absolute atomic E-state index is 11.3. The summed E-state index contributed by atoms with van der Waals surface area (Å²) >= 11 is 3.59. The van der Waals surface area contributed by atoms with Crippen LogP contribution in [0.1, 0.15) is 25.0 Å². The molecule has 1 aliphatic heterocycles. The first-order valence-corrected chi connectivity index (χ1v) is 6.61. The lowest BCUT2D eigenvalue weighted by Gasteiger charge is -2.38. The summed E-state index contributed by atoms with van der Waals surface area (Å²) in [5.74, 6) is -0.254. The molecule has 2 unspecified atom stereocenters. The summed E-state index contributed by atoms with van der Waals surface area (Å²) in [5.41, 5.74) is 8.03. The zero-order valence-corrected chi connectivity index (χ0v) is 11.7. The molecule has 0 spiro atoms. The number of hydrogen-bond donors (Lipinski definition) is 1. The van der Waals surface area contributed by atoms with Crippen LogP contribution in [0, 0.1) is 0 Å². The van der Waals surface area contributed by atoms with E-state index in [1.165, 1.54) is 11.1 Å². The third-order valence-corrected chi connectivity index (χ3v) is 4.29. The standard InChI is InChI=1S/C13H17BrN2O/c1-8-6-11-10(4-3-5-12(11)14)7-16(8)9(2)13(15)17/h3-5,8-9H,6-7H2,1-2H3,(H2,15,17). The van der Waals surface area contributed by atoms with E-state index in [0.29, 0.717) is 6.04 Å². The largest absolute Gasteiger partial charge is 0.368 e. The fraction of sp³-hybridized carbons (Fsp3) is 0.462. The van der Waals surface area contributed by atoms with Gasteiger partial charge < -0.3 is 5.73 Å². The van der Waals surface area contributed by atoms with E-state index in [9.17, 15) is 4.79 Å². The average molecular weight is 297 g/mol. The van der Waals surface area contributed by atoms with E-state index >= 15 is 0 Å². The van der Waals surface area contributed by atoms with Gasteiger partial charge in [-0.25, -0.2) is 0 Å². The number of carbonyl (C=O) groups is 1. The van der Waals surface area contributed by atoms with Crippen molar-refractivity contribution in [3.8, 4) is 0 Å². The Morgan fingerprint density at radius 1 is 1.59 bits per heavy atom. The van der Waals surface area contributed by atoms with E-state index in [1.807, 2.05) is 13.0 Å². The van der Waals surface area contributed by atoms with Crippen LogP contribution >= 0.6 is 15.9 Å². The minimum absolute atomic E-state index is 0.211. The summed E-state index contributed by atoms with van der Waals surface area (Å²) in [7, 11) is 0. The van der Waals surface area contributed by atoms with Gasteiger partial charge in [0.25, 0.3) is 0 Å². The molecular formula is C13H17BrN2O. The zero-order valence-electron chi connectivity index (χ0n) is 10.1. The number of fused-ring (bicyclic) bond motifs is 1. The Hall–Kier alpha value is -0.870. The lowest BCUT2D eigenvalue weighted by molar-refractivity contribution is -0.123. The Bertz CT molecular complexity index is 447. The number of amides is 1. The fourth-order valence-corrected chi connectivity index (χ4v) is 3.00. The second kappa shape index (κ2) is 4.78. The van der Waals surface area contributed by atoms with Crippen molar-refractivity contribution in [2.45, 2.75) is 38.9 Å². The fourth-order valence-electron chi connectivity index (χ4n) is 2.43. The van der Waals surface area contributed by atoms with Crippen LogP contribution in [0.25, 0.3) is 0 Å². The smallest absolute Gasteiger partial charge is 0.234 e. The van der Waals surface area contributed by atoms with E-state index < -0.39 is 0 Å². The highest BCUT2D eigenvalue weighted by molar-refractivity contribution is 9.10. The second-order valence-electron chi connectivity index (χ2n) is 4.68. The number of benzene rings is 1. The normalized spacial score (nSPS) is 21.9. The van der Waals surface area contributed by atoms with E-state index in [2.05, 4.69) is 39.9 Å². The SMILES string of the molecule is CC1Cc2c(Br)cccc2CN1C(C)C(N)=O. The molecule has 0 saturated heterocycles. The first kappa shape index (κ1) is 12.6. The quantitative estimate of drug-likeness (QED) is 0.908. The second-order valence-corrected chi connectivity index (χ2v) is 5.54. The topological polar surface area (TPSA) is 46.3 Å². The van der Waals surface area contributed by atoms with Gasteiger partial charge in [-0.2, -0.15) is 0 Å². The van der Waals surface area contributed by atoms with Gasteiger partial charge in [0, 0.05) is 17.1 Å². The third-order valence-electron chi connectivity index (χ3n) is 3.54. The van der Waals surface area contributed by atoms with Gasteiger partial charge in [-0.3, -0.25) is 9.69 Å². The highest BCUT2D eigenvalue weighted by Gasteiger charge is 2.29. The number of primary amides is 1. The molecule has 0 aliphatic carbocycles. The molecule has 0 saturated carbocycles. The van der Waals surface area contributed by atoms with Crippen molar-refractivity contribution < 1.29 is 4.79 Å². The van der Waals surface area contributed by atoms with Crippen molar-refractivity contribution in [2.75, 3.05) is 0 Å². The van der Waals surface area contributed by atoms with Crippen molar-refractivity contribution in [3.05, 3.63) is 33.8 Å². The molecule has 0 fully saturated rings. The summed E-state index contributed by atoms with van der Waals surface area (Å²) in [4.78, 5) is 13.5. The van der Waals surface area contributed by atoms with Crippen molar-refractivity contribution >= 4 is 21.8 Å². The molecule has 17 heavy (non-hydrogen) atoms. The molecule has 2 N–H and O–H groups in total. The van der Waals surface area contributed by atoms with E-state index in [-0.39, 0.29) is 11.9 Å². The maximum Gasteiger partial charge on any atom is 0.234 e. The molecule has 0 aromatic heterocycles. The molecule has 4 heteroatoms.